The van der Waals surface area contributed by atoms with Crippen molar-refractivity contribution < 1.29 is 9.59 Å². The van der Waals surface area contributed by atoms with E-state index < -0.39 is 17.9 Å². The van der Waals surface area contributed by atoms with E-state index in [-0.39, 0.29) is 6.42 Å². The molecule has 2 aromatic carbocycles. The minimum absolute atomic E-state index is 0.280. The first-order valence-electron chi connectivity index (χ1n) is 6.56. The van der Waals surface area contributed by atoms with Crippen molar-refractivity contribution in [2.45, 2.75) is 12.5 Å². The highest BCUT2D eigenvalue weighted by Gasteiger charge is 2.20. The Morgan fingerprint density at radius 1 is 1.05 bits per heavy atom. The predicted molar refractivity (Wildman–Crippen MR) is 87.1 cm³/mol. The monoisotopic (exact) mass is 336 g/mol. The fourth-order valence-electron chi connectivity index (χ4n) is 1.96. The molecule has 2 rings (SSSR count). The standard InChI is InChI=1S/C16H14Cl2N2O2/c17-11-7-5-10(6-8-11)9-14(15(19)21)20-16(22)12-3-1-2-4-13(12)18/h1-8,14H,9H2,(H2,19,21)(H,20,22)/t14-/m1/s1. The summed E-state index contributed by atoms with van der Waals surface area (Å²) in [4.78, 5) is 23.8. The average Bonchev–Trinajstić information content (AvgIpc) is 2.49. The van der Waals surface area contributed by atoms with E-state index in [1.54, 1.807) is 48.5 Å². The van der Waals surface area contributed by atoms with E-state index in [0.29, 0.717) is 15.6 Å². The second-order valence-electron chi connectivity index (χ2n) is 4.74. The van der Waals surface area contributed by atoms with Gasteiger partial charge in [0, 0.05) is 11.4 Å². The van der Waals surface area contributed by atoms with E-state index in [2.05, 4.69) is 5.32 Å². The first-order chi connectivity index (χ1) is 10.5. The maximum atomic E-state index is 12.2. The van der Waals surface area contributed by atoms with Crippen molar-refractivity contribution in [2.75, 3.05) is 0 Å². The van der Waals surface area contributed by atoms with Crippen molar-refractivity contribution in [2.24, 2.45) is 5.73 Å². The minimum atomic E-state index is -0.829. The maximum absolute atomic E-state index is 12.2. The predicted octanol–water partition coefficient (Wildman–Crippen LogP) is 2.82. The van der Waals surface area contributed by atoms with Gasteiger partial charge in [-0.15, -0.1) is 0 Å². The third kappa shape index (κ3) is 4.23. The summed E-state index contributed by atoms with van der Waals surface area (Å²) >= 11 is 11.8. The van der Waals surface area contributed by atoms with Crippen LogP contribution in [0.15, 0.2) is 48.5 Å². The van der Waals surface area contributed by atoms with Gasteiger partial charge in [-0.1, -0.05) is 47.5 Å². The number of hydrogen-bond donors (Lipinski definition) is 2. The number of rotatable bonds is 5. The molecule has 22 heavy (non-hydrogen) atoms. The molecule has 0 aliphatic carbocycles. The normalized spacial score (nSPS) is 11.7. The van der Waals surface area contributed by atoms with Gasteiger partial charge in [-0.2, -0.15) is 0 Å². The molecular weight excluding hydrogens is 323 g/mol. The number of primary amides is 1. The molecule has 2 amide bonds. The molecule has 0 radical (unpaired) electrons. The Balaban J connectivity index is 2.12. The second kappa shape index (κ2) is 7.29. The molecule has 4 nitrogen and oxygen atoms in total. The Kier molecular flexibility index (Phi) is 5.41. The fourth-order valence-corrected chi connectivity index (χ4v) is 2.31. The molecule has 0 aliphatic rings. The first kappa shape index (κ1) is 16.3. The smallest absolute Gasteiger partial charge is 0.253 e. The van der Waals surface area contributed by atoms with Gasteiger partial charge in [0.15, 0.2) is 0 Å². The van der Waals surface area contributed by atoms with Crippen LogP contribution in [-0.2, 0) is 11.2 Å². The van der Waals surface area contributed by atoms with Crippen LogP contribution in [0, 0.1) is 0 Å². The molecule has 0 heterocycles. The third-order valence-corrected chi connectivity index (χ3v) is 3.70. The van der Waals surface area contributed by atoms with Crippen LogP contribution < -0.4 is 11.1 Å². The van der Waals surface area contributed by atoms with Crippen LogP contribution >= 0.6 is 23.2 Å². The largest absolute Gasteiger partial charge is 0.368 e. The maximum Gasteiger partial charge on any atom is 0.253 e. The fraction of sp³-hybridized carbons (Fsp3) is 0.125. The zero-order valence-electron chi connectivity index (χ0n) is 11.6. The average molecular weight is 337 g/mol. The molecular formula is C16H14Cl2N2O2. The summed E-state index contributed by atoms with van der Waals surface area (Å²) in [7, 11) is 0. The number of carbonyl (C=O) groups excluding carboxylic acids is 2. The number of benzene rings is 2. The van der Waals surface area contributed by atoms with Gasteiger partial charge in [-0.3, -0.25) is 9.59 Å². The summed E-state index contributed by atoms with van der Waals surface area (Å²) < 4.78 is 0. The molecule has 0 saturated carbocycles. The second-order valence-corrected chi connectivity index (χ2v) is 5.58. The number of carbonyl (C=O) groups is 2. The lowest BCUT2D eigenvalue weighted by molar-refractivity contribution is -0.119. The van der Waals surface area contributed by atoms with Gasteiger partial charge < -0.3 is 11.1 Å². The highest BCUT2D eigenvalue weighted by atomic mass is 35.5. The number of hydrogen-bond acceptors (Lipinski definition) is 2. The van der Waals surface area contributed by atoms with Crippen LogP contribution in [0.25, 0.3) is 0 Å². The summed E-state index contributed by atoms with van der Waals surface area (Å²) in [5.41, 5.74) is 6.50. The van der Waals surface area contributed by atoms with Crippen molar-refractivity contribution >= 4 is 35.0 Å². The molecule has 0 aliphatic heterocycles. The van der Waals surface area contributed by atoms with E-state index in [4.69, 9.17) is 28.9 Å². The van der Waals surface area contributed by atoms with Crippen molar-refractivity contribution in [3.8, 4) is 0 Å². The quantitative estimate of drug-likeness (QED) is 0.881. The summed E-state index contributed by atoms with van der Waals surface area (Å²) in [5, 5.41) is 3.52. The van der Waals surface area contributed by atoms with Gasteiger partial charge in [0.1, 0.15) is 6.04 Å². The summed E-state index contributed by atoms with van der Waals surface area (Å²) in [5.74, 6) is -1.06. The zero-order chi connectivity index (χ0) is 16.1. The molecule has 0 spiro atoms. The topological polar surface area (TPSA) is 72.2 Å². The third-order valence-electron chi connectivity index (χ3n) is 3.12. The Labute approximate surface area is 138 Å². The number of amides is 2. The van der Waals surface area contributed by atoms with Crippen molar-refractivity contribution in [1.82, 2.24) is 5.32 Å². The van der Waals surface area contributed by atoms with E-state index in [1.807, 2.05) is 0 Å². The molecule has 0 saturated heterocycles. The molecule has 0 fully saturated rings. The van der Waals surface area contributed by atoms with Crippen LogP contribution in [0.4, 0.5) is 0 Å². The van der Waals surface area contributed by atoms with Crippen LogP contribution in [-0.4, -0.2) is 17.9 Å². The van der Waals surface area contributed by atoms with E-state index >= 15 is 0 Å². The Bertz CT molecular complexity index is 687. The van der Waals surface area contributed by atoms with E-state index in [9.17, 15) is 9.59 Å². The molecule has 0 unspecified atom stereocenters. The van der Waals surface area contributed by atoms with Crippen molar-refractivity contribution in [3.63, 3.8) is 0 Å². The highest BCUT2D eigenvalue weighted by Crippen LogP contribution is 2.15. The number of halogens is 2. The summed E-state index contributed by atoms with van der Waals surface area (Å²) in [6, 6.07) is 12.8. The number of nitrogens with one attached hydrogen (secondary N) is 1. The lowest BCUT2D eigenvalue weighted by Gasteiger charge is -2.16. The van der Waals surface area contributed by atoms with Crippen molar-refractivity contribution in [3.05, 3.63) is 69.7 Å². The van der Waals surface area contributed by atoms with Gasteiger partial charge >= 0.3 is 0 Å². The lowest BCUT2D eigenvalue weighted by Crippen LogP contribution is -2.45. The Hall–Kier alpha value is -2.04. The van der Waals surface area contributed by atoms with Crippen LogP contribution in [0.3, 0.4) is 0 Å². The van der Waals surface area contributed by atoms with E-state index in [0.717, 1.165) is 5.56 Å². The van der Waals surface area contributed by atoms with Gasteiger partial charge in [-0.25, -0.2) is 0 Å². The van der Waals surface area contributed by atoms with Crippen LogP contribution in [0.2, 0.25) is 10.0 Å². The van der Waals surface area contributed by atoms with Gasteiger partial charge in [0.2, 0.25) is 5.91 Å². The lowest BCUT2D eigenvalue weighted by atomic mass is 10.0. The Morgan fingerprint density at radius 3 is 2.27 bits per heavy atom. The SMILES string of the molecule is NC(=O)[C@@H](Cc1ccc(Cl)cc1)NC(=O)c1ccccc1Cl. The van der Waals surface area contributed by atoms with E-state index in [1.165, 1.54) is 0 Å². The molecule has 2 aromatic rings. The van der Waals surface area contributed by atoms with Crippen LogP contribution in [0.5, 0.6) is 0 Å². The zero-order valence-corrected chi connectivity index (χ0v) is 13.1. The van der Waals surface area contributed by atoms with Crippen LogP contribution in [0.1, 0.15) is 15.9 Å². The molecule has 0 bridgehead atoms. The Morgan fingerprint density at radius 2 is 1.68 bits per heavy atom. The number of nitrogens with two attached hydrogens (primary N) is 1. The molecule has 114 valence electrons. The first-order valence-corrected chi connectivity index (χ1v) is 7.32. The molecule has 3 N–H and O–H groups in total. The summed E-state index contributed by atoms with van der Waals surface area (Å²) in [6.45, 7) is 0. The molecule has 1 atom stereocenters. The molecule has 6 heteroatoms. The van der Waals surface area contributed by atoms with Gasteiger partial charge in [-0.05, 0) is 29.8 Å². The van der Waals surface area contributed by atoms with Gasteiger partial charge in [0.25, 0.3) is 5.91 Å². The van der Waals surface area contributed by atoms with Crippen molar-refractivity contribution in [1.29, 1.82) is 0 Å². The molecule has 0 aromatic heterocycles. The minimum Gasteiger partial charge on any atom is -0.368 e. The summed E-state index contributed by atoms with van der Waals surface area (Å²) in [6.07, 6.45) is 0.280. The highest BCUT2D eigenvalue weighted by molar-refractivity contribution is 6.33. The van der Waals surface area contributed by atoms with Gasteiger partial charge in [0.05, 0.1) is 10.6 Å².